The Morgan fingerprint density at radius 3 is 1.96 bits per heavy atom. The zero-order valence-electron chi connectivity index (χ0n) is 16.4. The van der Waals surface area contributed by atoms with E-state index < -0.39 is 0 Å². The number of nitrogens with two attached hydrogens (primary N) is 1. The predicted molar refractivity (Wildman–Crippen MR) is 105 cm³/mol. The lowest BCUT2D eigenvalue weighted by Gasteiger charge is -2.31. The van der Waals surface area contributed by atoms with E-state index in [0.717, 1.165) is 0 Å². The number of benzene rings is 1. The maximum absolute atomic E-state index is 5.81. The zero-order chi connectivity index (χ0) is 17.8. The highest BCUT2D eigenvalue weighted by Gasteiger charge is 2.35. The first-order chi connectivity index (χ1) is 11.2. The second-order valence-corrected chi connectivity index (χ2v) is 9.22. The van der Waals surface area contributed by atoms with E-state index in [4.69, 9.17) is 5.73 Å². The van der Waals surface area contributed by atoms with Gasteiger partial charge in [-0.2, -0.15) is 0 Å². The molecule has 2 nitrogen and oxygen atoms in total. The van der Waals surface area contributed by atoms with Crippen molar-refractivity contribution in [2.45, 2.75) is 91.3 Å². The van der Waals surface area contributed by atoms with Gasteiger partial charge >= 0.3 is 0 Å². The Morgan fingerprint density at radius 2 is 1.54 bits per heavy atom. The van der Waals surface area contributed by atoms with E-state index in [0.29, 0.717) is 29.0 Å². The lowest BCUT2D eigenvalue weighted by Crippen LogP contribution is -2.39. The van der Waals surface area contributed by atoms with Crippen LogP contribution in [-0.2, 0) is 0 Å². The molecule has 0 amide bonds. The summed E-state index contributed by atoms with van der Waals surface area (Å²) in [6.07, 6.45) is 7.91. The molecule has 0 bridgehead atoms. The van der Waals surface area contributed by atoms with Crippen LogP contribution < -0.4 is 11.1 Å². The second-order valence-electron chi connectivity index (χ2n) is 9.22. The molecule has 136 valence electrons. The van der Waals surface area contributed by atoms with Crippen molar-refractivity contribution in [1.82, 2.24) is 5.32 Å². The van der Waals surface area contributed by atoms with E-state index in [9.17, 15) is 0 Å². The number of nitrogens with one attached hydrogen (secondary N) is 1. The lowest BCUT2D eigenvalue weighted by atomic mass is 9.86. The van der Waals surface area contributed by atoms with Gasteiger partial charge in [0.05, 0.1) is 0 Å². The third-order valence-corrected chi connectivity index (χ3v) is 6.35. The van der Waals surface area contributed by atoms with Crippen molar-refractivity contribution in [2.75, 3.05) is 0 Å². The second kappa shape index (κ2) is 8.01. The summed E-state index contributed by atoms with van der Waals surface area (Å²) in [7, 11) is 0. The molecule has 0 radical (unpaired) electrons. The molecule has 2 aliphatic carbocycles. The van der Waals surface area contributed by atoms with Gasteiger partial charge in [-0.1, -0.05) is 70.9 Å². The summed E-state index contributed by atoms with van der Waals surface area (Å²) in [5.74, 6) is 0. The van der Waals surface area contributed by atoms with E-state index in [1.54, 1.807) is 0 Å². The Hall–Kier alpha value is -0.860. The molecule has 0 saturated heterocycles. The predicted octanol–water partition coefficient (Wildman–Crippen LogP) is 5.44. The Balaban J connectivity index is 0.000000219. The molecule has 1 aromatic carbocycles. The molecule has 0 heterocycles. The third kappa shape index (κ3) is 5.07. The average molecular weight is 331 g/mol. The number of rotatable bonds is 3. The minimum absolute atomic E-state index is 0.431. The molecule has 3 atom stereocenters. The van der Waals surface area contributed by atoms with Crippen LogP contribution in [0.2, 0.25) is 0 Å². The Bertz CT molecular complexity index is 492. The first-order valence-corrected chi connectivity index (χ1v) is 9.79. The number of hydrogen-bond donors (Lipinski definition) is 2. The molecule has 2 fully saturated rings. The molecule has 3 N–H and O–H groups in total. The number of hydrogen-bond acceptors (Lipinski definition) is 2. The van der Waals surface area contributed by atoms with E-state index in [1.165, 1.54) is 44.1 Å². The van der Waals surface area contributed by atoms with Crippen molar-refractivity contribution in [2.24, 2.45) is 16.6 Å². The first-order valence-electron chi connectivity index (χ1n) is 9.79. The summed E-state index contributed by atoms with van der Waals surface area (Å²) in [6, 6.07) is 12.3. The van der Waals surface area contributed by atoms with Crippen LogP contribution in [0.4, 0.5) is 0 Å². The molecular formula is C22H38N2. The highest BCUT2D eigenvalue weighted by Crippen LogP contribution is 2.38. The highest BCUT2D eigenvalue weighted by molar-refractivity contribution is 5.18. The fourth-order valence-electron chi connectivity index (χ4n) is 4.13. The minimum atomic E-state index is 0.431. The standard InChI is InChI=1S/C15H23N.C7H15N/c1-12(13-8-5-4-6-9-13)16-14-10-7-11-15(14,2)3;1-7(2)5-3-4-6(7)8/h4-6,8-9,12,14,16H,7,10-11H2,1-3H3;6H,3-5,8H2,1-2H3/t12-,14-;6-/m11/s1. The largest absolute Gasteiger partial charge is 0.327 e. The molecule has 2 aliphatic rings. The summed E-state index contributed by atoms with van der Waals surface area (Å²) in [6.45, 7) is 11.5. The molecule has 0 unspecified atom stereocenters. The van der Waals surface area contributed by atoms with Gasteiger partial charge in [-0.15, -0.1) is 0 Å². The highest BCUT2D eigenvalue weighted by atomic mass is 15.0. The summed E-state index contributed by atoms with van der Waals surface area (Å²) in [5.41, 5.74) is 8.10. The van der Waals surface area contributed by atoms with Crippen molar-refractivity contribution in [1.29, 1.82) is 0 Å². The third-order valence-electron chi connectivity index (χ3n) is 6.35. The smallest absolute Gasteiger partial charge is 0.0294 e. The quantitative estimate of drug-likeness (QED) is 0.774. The molecule has 0 aliphatic heterocycles. The van der Waals surface area contributed by atoms with E-state index in [1.807, 2.05) is 0 Å². The fourth-order valence-corrected chi connectivity index (χ4v) is 4.13. The van der Waals surface area contributed by atoms with E-state index >= 15 is 0 Å². The SMILES string of the molecule is CC1(C)CCC[C@H]1N.C[C@@H](N[C@@H]1CCCC1(C)C)c1ccccc1. The van der Waals surface area contributed by atoms with Crippen LogP contribution >= 0.6 is 0 Å². The summed E-state index contributed by atoms with van der Waals surface area (Å²) in [5, 5.41) is 3.79. The van der Waals surface area contributed by atoms with Crippen molar-refractivity contribution in [3.05, 3.63) is 35.9 Å². The van der Waals surface area contributed by atoms with Gasteiger partial charge in [-0.05, 0) is 49.0 Å². The van der Waals surface area contributed by atoms with Gasteiger partial charge in [0.25, 0.3) is 0 Å². The topological polar surface area (TPSA) is 38.0 Å². The Kier molecular flexibility index (Phi) is 6.50. The molecular weight excluding hydrogens is 292 g/mol. The molecule has 1 aromatic rings. The normalized spacial score (nSPS) is 28.9. The molecule has 0 spiro atoms. The van der Waals surface area contributed by atoms with Crippen LogP contribution in [0.15, 0.2) is 30.3 Å². The van der Waals surface area contributed by atoms with Gasteiger partial charge in [0.1, 0.15) is 0 Å². The van der Waals surface area contributed by atoms with Gasteiger partial charge in [0.15, 0.2) is 0 Å². The molecule has 3 rings (SSSR count). The molecule has 0 aromatic heterocycles. The van der Waals surface area contributed by atoms with Gasteiger partial charge in [-0.25, -0.2) is 0 Å². The fraction of sp³-hybridized carbons (Fsp3) is 0.727. The van der Waals surface area contributed by atoms with Crippen LogP contribution in [0.5, 0.6) is 0 Å². The van der Waals surface area contributed by atoms with Gasteiger partial charge in [0, 0.05) is 18.1 Å². The minimum Gasteiger partial charge on any atom is -0.327 e. The lowest BCUT2D eigenvalue weighted by molar-refractivity contribution is 0.266. The van der Waals surface area contributed by atoms with Crippen LogP contribution in [0, 0.1) is 10.8 Å². The van der Waals surface area contributed by atoms with Gasteiger partial charge in [-0.3, -0.25) is 0 Å². The zero-order valence-corrected chi connectivity index (χ0v) is 16.4. The summed E-state index contributed by atoms with van der Waals surface area (Å²) in [4.78, 5) is 0. The molecule has 24 heavy (non-hydrogen) atoms. The monoisotopic (exact) mass is 330 g/mol. The maximum atomic E-state index is 5.81. The first kappa shape index (κ1) is 19.5. The average Bonchev–Trinajstić information content (AvgIpc) is 3.02. The maximum Gasteiger partial charge on any atom is 0.0294 e. The van der Waals surface area contributed by atoms with Crippen LogP contribution in [-0.4, -0.2) is 12.1 Å². The van der Waals surface area contributed by atoms with Crippen LogP contribution in [0.1, 0.15) is 84.7 Å². The molecule has 2 saturated carbocycles. The summed E-state index contributed by atoms with van der Waals surface area (Å²) < 4.78 is 0. The van der Waals surface area contributed by atoms with E-state index in [2.05, 4.69) is 70.3 Å². The molecule has 2 heteroatoms. The Morgan fingerprint density at radius 1 is 0.958 bits per heavy atom. The van der Waals surface area contributed by atoms with Gasteiger partial charge in [0.2, 0.25) is 0 Å². The van der Waals surface area contributed by atoms with Gasteiger partial charge < -0.3 is 11.1 Å². The van der Waals surface area contributed by atoms with Crippen molar-refractivity contribution in [3.8, 4) is 0 Å². The van der Waals surface area contributed by atoms with Crippen molar-refractivity contribution in [3.63, 3.8) is 0 Å². The van der Waals surface area contributed by atoms with Crippen LogP contribution in [0.25, 0.3) is 0 Å². The summed E-state index contributed by atoms with van der Waals surface area (Å²) >= 11 is 0. The van der Waals surface area contributed by atoms with E-state index in [-0.39, 0.29) is 0 Å². The van der Waals surface area contributed by atoms with Crippen LogP contribution in [0.3, 0.4) is 0 Å². The van der Waals surface area contributed by atoms with Crippen molar-refractivity contribution < 1.29 is 0 Å². The Labute approximate surface area is 149 Å². The van der Waals surface area contributed by atoms with Crippen molar-refractivity contribution >= 4 is 0 Å².